The molecule has 0 aromatic carbocycles. The van der Waals surface area contributed by atoms with Crippen LogP contribution < -0.4 is 0 Å². The molecule has 0 saturated carbocycles. The van der Waals surface area contributed by atoms with Gasteiger partial charge in [-0.2, -0.15) is 4.79 Å². The first-order chi connectivity index (χ1) is 11.7. The molecule has 148 valence electrons. The lowest BCUT2D eigenvalue weighted by atomic mass is 9.73. The quantitative estimate of drug-likeness (QED) is 0.355. The lowest BCUT2D eigenvalue weighted by Crippen LogP contribution is -2.61. The number of nitrogens with zero attached hydrogens (tertiary/aromatic N) is 3. The molecule has 8 nitrogen and oxygen atoms in total. The Bertz CT molecular complexity index is 599. The highest BCUT2D eigenvalue weighted by atomic mass is 16.6. The van der Waals surface area contributed by atoms with Gasteiger partial charge in [0.25, 0.3) is 0 Å². The third-order valence-electron chi connectivity index (χ3n) is 4.31. The van der Waals surface area contributed by atoms with E-state index < -0.39 is 40.4 Å². The van der Waals surface area contributed by atoms with Crippen molar-refractivity contribution in [1.82, 2.24) is 4.90 Å². The van der Waals surface area contributed by atoms with Crippen molar-refractivity contribution < 1.29 is 29.0 Å². The van der Waals surface area contributed by atoms with Crippen LogP contribution in [0.2, 0.25) is 0 Å². The summed E-state index contributed by atoms with van der Waals surface area (Å²) >= 11 is 0. The molecule has 1 fully saturated rings. The van der Waals surface area contributed by atoms with Crippen molar-refractivity contribution in [1.29, 1.82) is 0 Å². The molecule has 1 N–H and O–H groups in total. The highest BCUT2D eigenvalue weighted by Crippen LogP contribution is 2.38. The van der Waals surface area contributed by atoms with E-state index in [4.69, 9.17) is 9.47 Å². The predicted octanol–water partition coefficient (Wildman–Crippen LogP) is 2.40. The Hall–Kier alpha value is -1.92. The van der Waals surface area contributed by atoms with Crippen LogP contribution in [0, 0.1) is 5.41 Å². The average Bonchev–Trinajstić information content (AvgIpc) is 2.45. The Balaban J connectivity index is 3.16. The zero-order valence-corrected chi connectivity index (χ0v) is 16.8. The van der Waals surface area contributed by atoms with Gasteiger partial charge >= 0.3 is 17.8 Å². The van der Waals surface area contributed by atoms with Crippen LogP contribution in [-0.4, -0.2) is 63.0 Å². The van der Waals surface area contributed by atoms with E-state index in [1.807, 2.05) is 20.8 Å². The Morgan fingerprint density at radius 1 is 1.27 bits per heavy atom. The summed E-state index contributed by atoms with van der Waals surface area (Å²) in [6.07, 6.45) is -0.400. The zero-order chi connectivity index (χ0) is 20.3. The Kier molecular flexibility index (Phi) is 6.60. The van der Waals surface area contributed by atoms with Gasteiger partial charge in [0.1, 0.15) is 5.60 Å². The van der Waals surface area contributed by atoms with Gasteiger partial charge in [0.05, 0.1) is 6.61 Å². The number of ether oxygens (including phenoxy) is 2. The van der Waals surface area contributed by atoms with E-state index in [1.54, 1.807) is 32.6 Å². The summed E-state index contributed by atoms with van der Waals surface area (Å²) in [7, 11) is 0. The SMILES string of the molecule is CCOC(=O)C(=[N+]=[N-])C1(O)CCN(C(=O)OC(C)(C)C)C(C(C)(C)C)C1. The minimum Gasteiger partial charge on any atom is -0.457 e. The first kappa shape index (κ1) is 22.1. The topological polar surface area (TPSA) is 112 Å². The van der Waals surface area contributed by atoms with E-state index in [9.17, 15) is 20.2 Å². The maximum absolute atomic E-state index is 12.6. The summed E-state index contributed by atoms with van der Waals surface area (Å²) in [6.45, 7) is 13.0. The van der Waals surface area contributed by atoms with Gasteiger partial charge in [-0.1, -0.05) is 20.8 Å². The van der Waals surface area contributed by atoms with Gasteiger partial charge < -0.3 is 25.0 Å². The van der Waals surface area contributed by atoms with Crippen molar-refractivity contribution in [2.24, 2.45) is 5.41 Å². The number of likely N-dealkylation sites (tertiary alicyclic amines) is 1. The number of esters is 1. The fourth-order valence-electron chi connectivity index (χ4n) is 3.04. The van der Waals surface area contributed by atoms with Crippen molar-refractivity contribution in [2.75, 3.05) is 13.2 Å². The number of hydrogen-bond donors (Lipinski definition) is 1. The molecule has 2 atom stereocenters. The first-order valence-corrected chi connectivity index (χ1v) is 8.87. The molecule has 1 rings (SSSR count). The molecule has 1 aliphatic heterocycles. The van der Waals surface area contributed by atoms with E-state index >= 15 is 0 Å². The van der Waals surface area contributed by atoms with Crippen molar-refractivity contribution in [3.63, 3.8) is 0 Å². The van der Waals surface area contributed by atoms with Gasteiger partial charge in [-0.25, -0.2) is 9.59 Å². The van der Waals surface area contributed by atoms with Crippen LogP contribution >= 0.6 is 0 Å². The standard InChI is InChI=1S/C18H31N3O5/c1-8-25-14(22)13(20-19)18(24)9-10-21(12(11-18)16(2,3)4)15(23)26-17(5,6)7/h12,24H,8-11H2,1-7H3. The summed E-state index contributed by atoms with van der Waals surface area (Å²) in [5.74, 6) is -0.865. The third kappa shape index (κ3) is 5.29. The van der Waals surface area contributed by atoms with Gasteiger partial charge in [0, 0.05) is 25.4 Å². The monoisotopic (exact) mass is 369 g/mol. The van der Waals surface area contributed by atoms with Gasteiger partial charge in [-0.15, -0.1) is 0 Å². The lowest BCUT2D eigenvalue weighted by Gasteiger charge is -2.47. The maximum atomic E-state index is 12.6. The largest absolute Gasteiger partial charge is 0.457 e. The van der Waals surface area contributed by atoms with Crippen molar-refractivity contribution in [2.45, 2.75) is 78.6 Å². The molecule has 1 saturated heterocycles. The minimum absolute atomic E-state index is 0.0357. The third-order valence-corrected chi connectivity index (χ3v) is 4.31. The zero-order valence-electron chi connectivity index (χ0n) is 16.8. The average molecular weight is 369 g/mol. The highest BCUT2D eigenvalue weighted by Gasteiger charge is 2.54. The van der Waals surface area contributed by atoms with E-state index in [1.165, 1.54) is 0 Å². The number of hydrogen-bond acceptors (Lipinski definition) is 5. The first-order valence-electron chi connectivity index (χ1n) is 8.87. The normalized spacial score (nSPS) is 23.8. The van der Waals surface area contributed by atoms with Crippen molar-refractivity contribution >= 4 is 17.8 Å². The minimum atomic E-state index is -1.68. The number of amides is 1. The van der Waals surface area contributed by atoms with Crippen LogP contribution in [0.3, 0.4) is 0 Å². The summed E-state index contributed by atoms with van der Waals surface area (Å²) in [5.41, 5.74) is 6.12. The van der Waals surface area contributed by atoms with Gasteiger partial charge in [-0.3, -0.25) is 0 Å². The molecule has 0 bridgehead atoms. The number of piperidine rings is 1. The smallest absolute Gasteiger partial charge is 0.420 e. The predicted molar refractivity (Wildman–Crippen MR) is 95.6 cm³/mol. The van der Waals surface area contributed by atoms with Gasteiger partial charge in [0.15, 0.2) is 5.60 Å². The molecule has 1 aliphatic rings. The van der Waals surface area contributed by atoms with Gasteiger partial charge in [0.2, 0.25) is 0 Å². The van der Waals surface area contributed by atoms with Gasteiger partial charge in [-0.05, 0) is 33.1 Å². The number of rotatable bonds is 3. The fraction of sp³-hybridized carbons (Fsp3) is 0.833. The molecule has 0 radical (unpaired) electrons. The molecule has 0 spiro atoms. The summed E-state index contributed by atoms with van der Waals surface area (Å²) in [4.78, 5) is 29.2. The van der Waals surface area contributed by atoms with E-state index in [-0.39, 0.29) is 26.0 Å². The Morgan fingerprint density at radius 2 is 1.85 bits per heavy atom. The summed E-state index contributed by atoms with van der Waals surface area (Å²) in [6, 6.07) is -0.428. The van der Waals surface area contributed by atoms with E-state index in [0.717, 1.165) is 0 Å². The molecule has 2 unspecified atom stereocenters. The molecule has 0 aromatic rings. The summed E-state index contributed by atoms with van der Waals surface area (Å²) < 4.78 is 10.4. The Morgan fingerprint density at radius 3 is 2.27 bits per heavy atom. The molecule has 1 heterocycles. The number of carbonyl (C=O) groups excluding carboxylic acids is 2. The van der Waals surface area contributed by atoms with Crippen LogP contribution in [0.15, 0.2) is 0 Å². The van der Waals surface area contributed by atoms with Crippen molar-refractivity contribution in [3.05, 3.63) is 5.53 Å². The highest BCUT2D eigenvalue weighted by molar-refractivity contribution is 6.37. The maximum Gasteiger partial charge on any atom is 0.420 e. The molecule has 26 heavy (non-hydrogen) atoms. The van der Waals surface area contributed by atoms with E-state index in [2.05, 4.69) is 4.79 Å². The fourth-order valence-corrected chi connectivity index (χ4v) is 3.04. The number of aliphatic hydroxyl groups is 1. The van der Waals surface area contributed by atoms with Crippen LogP contribution in [0.1, 0.15) is 61.3 Å². The lowest BCUT2D eigenvalue weighted by molar-refractivity contribution is -0.145. The summed E-state index contributed by atoms with van der Waals surface area (Å²) in [5, 5.41) is 11.0. The second kappa shape index (κ2) is 7.76. The van der Waals surface area contributed by atoms with Crippen molar-refractivity contribution in [3.8, 4) is 0 Å². The molecular formula is C18H31N3O5. The van der Waals surface area contributed by atoms with E-state index in [0.29, 0.717) is 0 Å². The van der Waals surface area contributed by atoms with Crippen LogP contribution in [0.25, 0.3) is 5.53 Å². The molecular weight excluding hydrogens is 338 g/mol. The molecule has 0 aliphatic carbocycles. The van der Waals surface area contributed by atoms with Crippen LogP contribution in [0.5, 0.6) is 0 Å². The second-order valence-corrected chi connectivity index (χ2v) is 8.71. The molecule has 0 aromatic heterocycles. The van der Waals surface area contributed by atoms with Crippen LogP contribution in [-0.2, 0) is 14.3 Å². The molecule has 1 amide bonds. The Labute approximate surface area is 155 Å². The molecule has 8 heteroatoms. The number of carbonyl (C=O) groups is 2. The second-order valence-electron chi connectivity index (χ2n) is 8.71. The van der Waals surface area contributed by atoms with Crippen LogP contribution in [0.4, 0.5) is 4.79 Å².